The Hall–Kier alpha value is -3.60. The molecular weight excluding hydrogens is 656 g/mol. The van der Waals surface area contributed by atoms with Crippen LogP contribution in [0.3, 0.4) is 0 Å². The monoisotopic (exact) mass is 696 g/mol. The van der Waals surface area contributed by atoms with E-state index >= 15 is 0 Å². The molecule has 1 atom stereocenters. The molecule has 1 saturated carbocycles. The second kappa shape index (κ2) is 13.9. The van der Waals surface area contributed by atoms with Crippen LogP contribution in [0.4, 0.5) is 4.79 Å². The molecule has 0 radical (unpaired) electrons. The zero-order valence-electron chi connectivity index (χ0n) is 27.2. The van der Waals surface area contributed by atoms with E-state index in [9.17, 15) is 23.1 Å². The number of carbonyl (C=O) groups is 2. The van der Waals surface area contributed by atoms with Gasteiger partial charge in [-0.2, -0.15) is 0 Å². The predicted octanol–water partition coefficient (Wildman–Crippen LogP) is 8.52. The van der Waals surface area contributed by atoms with E-state index in [1.54, 1.807) is 31.4 Å². The summed E-state index contributed by atoms with van der Waals surface area (Å²) in [5, 5.41) is 13.6. The van der Waals surface area contributed by atoms with Crippen LogP contribution in [0.25, 0.3) is 21.2 Å². The molecule has 1 aromatic heterocycles. The van der Waals surface area contributed by atoms with E-state index in [0.29, 0.717) is 28.5 Å². The van der Waals surface area contributed by atoms with E-state index in [0.717, 1.165) is 39.6 Å². The number of fused-ring (bicyclic) bond motifs is 1. The molecular formula is C36H41ClN2O6S2. The Labute approximate surface area is 285 Å². The van der Waals surface area contributed by atoms with E-state index < -0.39 is 15.9 Å². The van der Waals surface area contributed by atoms with Gasteiger partial charge in [0.2, 0.25) is 0 Å². The van der Waals surface area contributed by atoms with E-state index in [4.69, 9.17) is 16.3 Å². The number of hydrogen-bond donors (Lipinski definition) is 2. The molecule has 47 heavy (non-hydrogen) atoms. The summed E-state index contributed by atoms with van der Waals surface area (Å²) in [5.74, 6) is 0.620. The summed E-state index contributed by atoms with van der Waals surface area (Å²) >= 11 is 8.23. The molecule has 4 aromatic rings. The lowest BCUT2D eigenvalue weighted by Gasteiger charge is -2.43. The third-order valence-corrected chi connectivity index (χ3v) is 11.9. The quantitative estimate of drug-likeness (QED) is 0.181. The van der Waals surface area contributed by atoms with Gasteiger partial charge in [-0.05, 0) is 78.5 Å². The molecule has 1 aliphatic rings. The van der Waals surface area contributed by atoms with Crippen LogP contribution >= 0.6 is 22.9 Å². The van der Waals surface area contributed by atoms with Crippen molar-refractivity contribution in [3.8, 4) is 16.9 Å². The zero-order valence-corrected chi connectivity index (χ0v) is 29.6. The molecule has 8 nitrogen and oxygen atoms in total. The number of methoxy groups -OCH3 is 1. The van der Waals surface area contributed by atoms with Gasteiger partial charge in [0.25, 0.3) is 5.91 Å². The summed E-state index contributed by atoms with van der Waals surface area (Å²) in [7, 11) is -1.73. The maximum atomic E-state index is 14.5. The van der Waals surface area contributed by atoms with Gasteiger partial charge in [0.1, 0.15) is 10.6 Å². The molecule has 0 spiro atoms. The van der Waals surface area contributed by atoms with Crippen LogP contribution in [-0.4, -0.2) is 55.9 Å². The fraction of sp³-hybridized carbons (Fsp3) is 0.389. The molecule has 5 rings (SSSR count). The molecule has 0 bridgehead atoms. The summed E-state index contributed by atoms with van der Waals surface area (Å²) in [6.45, 7) is 6.42. The van der Waals surface area contributed by atoms with Crippen LogP contribution in [0.15, 0.2) is 71.6 Å². The van der Waals surface area contributed by atoms with Crippen molar-refractivity contribution in [3.63, 3.8) is 0 Å². The summed E-state index contributed by atoms with van der Waals surface area (Å²) in [6.07, 6.45) is 3.10. The van der Waals surface area contributed by atoms with Crippen molar-refractivity contribution in [1.29, 1.82) is 0 Å². The number of nitrogens with one attached hydrogen (secondary N) is 1. The normalized spacial score (nSPS) is 17.7. The second-order valence-corrected chi connectivity index (χ2v) is 16.8. The van der Waals surface area contributed by atoms with Crippen molar-refractivity contribution < 1.29 is 27.9 Å². The first-order valence-corrected chi connectivity index (χ1v) is 18.7. The second-order valence-electron chi connectivity index (χ2n) is 13.4. The van der Waals surface area contributed by atoms with Gasteiger partial charge in [0.15, 0.2) is 9.84 Å². The number of ether oxygens (including phenoxy) is 1. The number of nitrogens with zero attached hydrogens (tertiary/aromatic N) is 1. The van der Waals surface area contributed by atoms with Crippen molar-refractivity contribution in [2.75, 3.05) is 13.4 Å². The highest BCUT2D eigenvalue weighted by atomic mass is 35.5. The van der Waals surface area contributed by atoms with Gasteiger partial charge in [-0.25, -0.2) is 13.2 Å². The van der Waals surface area contributed by atoms with E-state index in [1.165, 1.54) is 17.6 Å². The highest BCUT2D eigenvalue weighted by Crippen LogP contribution is 2.41. The van der Waals surface area contributed by atoms with Gasteiger partial charge >= 0.3 is 6.09 Å². The Balaban J connectivity index is 1.50. The SMILES string of the molecule is COc1ccc(-c2ccc(S(C)(=O)=O)cc2)cc1CN(C(=O)c1sc2ccccc2c1Cl)C1CCC(C(NC(=O)O)C(C)(C)C)CC1. The number of benzene rings is 3. The molecule has 1 aliphatic carbocycles. The number of thiophene rings is 1. The molecule has 0 aliphatic heterocycles. The molecule has 2 N–H and O–H groups in total. The van der Waals surface area contributed by atoms with Gasteiger partial charge in [-0.1, -0.05) is 68.8 Å². The molecule has 1 fully saturated rings. The molecule has 11 heteroatoms. The number of halogens is 1. The lowest BCUT2D eigenvalue weighted by atomic mass is 9.72. The molecule has 1 heterocycles. The summed E-state index contributed by atoms with van der Waals surface area (Å²) in [5.41, 5.74) is 2.25. The highest BCUT2D eigenvalue weighted by Gasteiger charge is 2.38. The first-order chi connectivity index (χ1) is 22.2. The molecule has 3 aromatic carbocycles. The number of rotatable bonds is 9. The minimum Gasteiger partial charge on any atom is -0.496 e. The van der Waals surface area contributed by atoms with Crippen molar-refractivity contribution in [1.82, 2.24) is 10.2 Å². The Morgan fingerprint density at radius 1 is 1.02 bits per heavy atom. The van der Waals surface area contributed by atoms with E-state index in [-0.39, 0.29) is 40.8 Å². The average molecular weight is 697 g/mol. The molecule has 2 amide bonds. The van der Waals surface area contributed by atoms with Gasteiger partial charge < -0.3 is 20.1 Å². The number of amides is 2. The van der Waals surface area contributed by atoms with Crippen LogP contribution in [0.5, 0.6) is 5.75 Å². The fourth-order valence-corrected chi connectivity index (χ4v) is 8.83. The van der Waals surface area contributed by atoms with Gasteiger partial charge in [0.05, 0.1) is 17.0 Å². The van der Waals surface area contributed by atoms with Gasteiger partial charge in [-0.3, -0.25) is 4.79 Å². The maximum absolute atomic E-state index is 14.5. The largest absolute Gasteiger partial charge is 0.496 e. The smallest absolute Gasteiger partial charge is 0.404 e. The Morgan fingerprint density at radius 2 is 1.66 bits per heavy atom. The minimum absolute atomic E-state index is 0.104. The van der Waals surface area contributed by atoms with Crippen LogP contribution in [0.1, 0.15) is 61.7 Å². The average Bonchev–Trinajstić information content (AvgIpc) is 3.37. The van der Waals surface area contributed by atoms with Crippen LogP contribution in [0, 0.1) is 11.3 Å². The number of carbonyl (C=O) groups excluding carboxylic acids is 1. The number of carboxylic acid groups (broad SMARTS) is 1. The van der Waals surface area contributed by atoms with Crippen molar-refractivity contribution in [2.24, 2.45) is 11.3 Å². The van der Waals surface area contributed by atoms with E-state index in [1.807, 2.05) is 68.1 Å². The van der Waals surface area contributed by atoms with Crippen molar-refractivity contribution in [2.45, 2.75) is 70.0 Å². The first-order valence-electron chi connectivity index (χ1n) is 15.6. The molecule has 1 unspecified atom stereocenters. The fourth-order valence-electron chi connectivity index (χ4n) is 6.73. The van der Waals surface area contributed by atoms with Crippen LogP contribution in [0.2, 0.25) is 5.02 Å². The maximum Gasteiger partial charge on any atom is 0.404 e. The van der Waals surface area contributed by atoms with E-state index in [2.05, 4.69) is 5.32 Å². The molecule has 250 valence electrons. The third-order valence-electron chi connectivity index (χ3n) is 9.09. The predicted molar refractivity (Wildman–Crippen MR) is 188 cm³/mol. The Morgan fingerprint density at radius 3 is 2.23 bits per heavy atom. The standard InChI is InChI=1S/C36H41ClN2O6S2/c1-36(2,3)33(38-35(41)42)23-10-15-26(16-11-23)39(34(40)32-31(37)28-8-6-7-9-30(28)46-32)21-25-20-24(14-19-29(25)45-4)22-12-17-27(18-13-22)47(5,43)44/h6-9,12-14,17-20,23,26,33,38H,10-11,15-16,21H2,1-5H3,(H,41,42). The third kappa shape index (κ3) is 7.77. The summed E-state index contributed by atoms with van der Waals surface area (Å²) in [4.78, 5) is 28.8. The van der Waals surface area contributed by atoms with Crippen molar-refractivity contribution in [3.05, 3.63) is 82.2 Å². The number of sulfone groups is 1. The number of hydrogen-bond acceptors (Lipinski definition) is 6. The summed E-state index contributed by atoms with van der Waals surface area (Å²) < 4.78 is 30.7. The highest BCUT2D eigenvalue weighted by molar-refractivity contribution is 7.90. The topological polar surface area (TPSA) is 113 Å². The lowest BCUT2D eigenvalue weighted by molar-refractivity contribution is 0.0543. The minimum atomic E-state index is -3.33. The summed E-state index contributed by atoms with van der Waals surface area (Å²) in [6, 6.07) is 19.9. The molecule has 0 saturated heterocycles. The first kappa shape index (κ1) is 34.7. The van der Waals surface area contributed by atoms with Crippen molar-refractivity contribution >= 4 is 54.9 Å². The van der Waals surface area contributed by atoms with Crippen LogP contribution in [-0.2, 0) is 16.4 Å². The van der Waals surface area contributed by atoms with Gasteiger partial charge in [0, 0.05) is 40.5 Å². The van der Waals surface area contributed by atoms with Crippen LogP contribution < -0.4 is 10.1 Å². The lowest BCUT2D eigenvalue weighted by Crippen LogP contribution is -2.50. The Bertz CT molecular complexity index is 1870. The zero-order chi connectivity index (χ0) is 34.1. The Kier molecular flexibility index (Phi) is 10.2. The van der Waals surface area contributed by atoms with Gasteiger partial charge in [-0.15, -0.1) is 11.3 Å².